The van der Waals surface area contributed by atoms with E-state index in [1.807, 2.05) is 23.6 Å². The summed E-state index contributed by atoms with van der Waals surface area (Å²) in [6, 6.07) is 9.22. The lowest BCUT2D eigenvalue weighted by Crippen LogP contribution is -2.08. The molecule has 6 nitrogen and oxygen atoms in total. The van der Waals surface area contributed by atoms with E-state index in [-0.39, 0.29) is 0 Å². The van der Waals surface area contributed by atoms with E-state index >= 15 is 0 Å². The van der Waals surface area contributed by atoms with E-state index in [2.05, 4.69) is 10.1 Å². The van der Waals surface area contributed by atoms with Gasteiger partial charge < -0.3 is 8.94 Å². The van der Waals surface area contributed by atoms with Crippen LogP contribution in [0, 0.1) is 0 Å². The standard InChI is InChI=1S/C14H9N3O3S/c1-17-9-5-4-8(7-10(9)19-14(17)18)12-15-13(20-16-12)11-3-2-6-21-11/h2-7H,1H3. The molecule has 3 aromatic heterocycles. The lowest BCUT2D eigenvalue weighted by molar-refractivity contribution is 0.433. The second-order valence-corrected chi connectivity index (χ2v) is 5.46. The van der Waals surface area contributed by atoms with Crippen LogP contribution >= 0.6 is 11.3 Å². The van der Waals surface area contributed by atoms with E-state index in [0.29, 0.717) is 17.3 Å². The Balaban J connectivity index is 1.81. The van der Waals surface area contributed by atoms with E-state index < -0.39 is 5.76 Å². The number of benzene rings is 1. The maximum Gasteiger partial charge on any atom is 0.419 e. The molecule has 0 radical (unpaired) electrons. The summed E-state index contributed by atoms with van der Waals surface area (Å²) in [5.74, 6) is 0.552. The van der Waals surface area contributed by atoms with Gasteiger partial charge in [-0.15, -0.1) is 11.3 Å². The van der Waals surface area contributed by atoms with Crippen molar-refractivity contribution in [1.82, 2.24) is 14.7 Å². The normalized spacial score (nSPS) is 11.3. The first kappa shape index (κ1) is 12.1. The monoisotopic (exact) mass is 299 g/mol. The Bertz CT molecular complexity index is 979. The summed E-state index contributed by atoms with van der Waals surface area (Å²) >= 11 is 1.53. The van der Waals surface area contributed by atoms with Crippen LogP contribution in [0.4, 0.5) is 0 Å². The quantitative estimate of drug-likeness (QED) is 0.569. The molecule has 4 aromatic rings. The maximum absolute atomic E-state index is 11.5. The van der Waals surface area contributed by atoms with Gasteiger partial charge in [0.25, 0.3) is 5.89 Å². The van der Waals surface area contributed by atoms with Gasteiger partial charge in [0.05, 0.1) is 10.4 Å². The van der Waals surface area contributed by atoms with Crippen LogP contribution in [0.2, 0.25) is 0 Å². The molecule has 0 atom stereocenters. The number of fused-ring (bicyclic) bond motifs is 1. The van der Waals surface area contributed by atoms with Crippen LogP contribution in [-0.2, 0) is 7.05 Å². The predicted octanol–water partition coefficient (Wildman–Crippen LogP) is 2.91. The average Bonchev–Trinajstić information content (AvgIpc) is 3.20. The van der Waals surface area contributed by atoms with E-state index in [1.54, 1.807) is 19.2 Å². The highest BCUT2D eigenvalue weighted by Gasteiger charge is 2.13. The topological polar surface area (TPSA) is 74.1 Å². The molecule has 0 aliphatic rings. The number of nitrogens with zero attached hydrogens (tertiary/aromatic N) is 3. The zero-order valence-electron chi connectivity index (χ0n) is 10.9. The van der Waals surface area contributed by atoms with Crippen molar-refractivity contribution >= 4 is 22.4 Å². The largest absolute Gasteiger partial charge is 0.419 e. The molecule has 104 valence electrons. The highest BCUT2D eigenvalue weighted by Crippen LogP contribution is 2.27. The maximum atomic E-state index is 11.5. The van der Waals surface area contributed by atoms with Crippen molar-refractivity contribution in [3.8, 4) is 22.2 Å². The SMILES string of the molecule is Cn1c(=O)oc2cc(-c3noc(-c4cccs4)n3)ccc21. The smallest absolute Gasteiger partial charge is 0.408 e. The summed E-state index contributed by atoms with van der Waals surface area (Å²) in [6.45, 7) is 0. The number of rotatable bonds is 2. The Morgan fingerprint density at radius 2 is 2.19 bits per heavy atom. The number of hydrogen-bond donors (Lipinski definition) is 0. The third-order valence-corrected chi connectivity index (χ3v) is 4.07. The molecular formula is C14H9N3O3S. The van der Waals surface area contributed by atoms with Gasteiger partial charge in [0.1, 0.15) is 0 Å². The molecule has 0 bridgehead atoms. The number of aryl methyl sites for hydroxylation is 1. The second-order valence-electron chi connectivity index (χ2n) is 4.51. The molecule has 0 aliphatic carbocycles. The van der Waals surface area contributed by atoms with Crippen molar-refractivity contribution in [2.24, 2.45) is 7.05 Å². The molecule has 0 amide bonds. The van der Waals surface area contributed by atoms with Gasteiger partial charge in [0.15, 0.2) is 5.58 Å². The highest BCUT2D eigenvalue weighted by molar-refractivity contribution is 7.13. The molecular weight excluding hydrogens is 290 g/mol. The predicted molar refractivity (Wildman–Crippen MR) is 78.1 cm³/mol. The second kappa shape index (κ2) is 4.42. The minimum absolute atomic E-state index is 0.394. The number of thiophene rings is 1. The molecule has 0 aliphatic heterocycles. The molecule has 0 unspecified atom stereocenters. The van der Waals surface area contributed by atoms with Crippen LogP contribution in [0.3, 0.4) is 0 Å². The Kier molecular flexibility index (Phi) is 2.55. The minimum atomic E-state index is -0.394. The van der Waals surface area contributed by atoms with Crippen molar-refractivity contribution < 1.29 is 8.94 Å². The fourth-order valence-corrected chi connectivity index (χ4v) is 2.76. The zero-order valence-corrected chi connectivity index (χ0v) is 11.8. The van der Waals surface area contributed by atoms with E-state index in [0.717, 1.165) is 16.0 Å². The van der Waals surface area contributed by atoms with Crippen LogP contribution < -0.4 is 5.76 Å². The molecule has 1 aromatic carbocycles. The Hall–Kier alpha value is -2.67. The summed E-state index contributed by atoms with van der Waals surface area (Å²) in [4.78, 5) is 16.8. The molecule has 4 rings (SSSR count). The molecule has 21 heavy (non-hydrogen) atoms. The van der Waals surface area contributed by atoms with E-state index in [4.69, 9.17) is 8.94 Å². The first-order valence-electron chi connectivity index (χ1n) is 6.20. The van der Waals surface area contributed by atoms with Gasteiger partial charge >= 0.3 is 5.76 Å². The summed E-state index contributed by atoms with van der Waals surface area (Å²) in [6.07, 6.45) is 0. The van der Waals surface area contributed by atoms with Gasteiger partial charge in [-0.05, 0) is 29.6 Å². The number of aromatic nitrogens is 3. The average molecular weight is 299 g/mol. The van der Waals surface area contributed by atoms with Gasteiger partial charge in [-0.25, -0.2) is 4.79 Å². The molecule has 0 fully saturated rings. The fourth-order valence-electron chi connectivity index (χ4n) is 2.11. The third-order valence-electron chi connectivity index (χ3n) is 3.21. The van der Waals surface area contributed by atoms with E-state index in [1.165, 1.54) is 15.9 Å². The Morgan fingerprint density at radius 3 is 3.00 bits per heavy atom. The van der Waals surface area contributed by atoms with Crippen LogP contribution in [0.5, 0.6) is 0 Å². The van der Waals surface area contributed by atoms with E-state index in [9.17, 15) is 4.79 Å². The molecule has 3 heterocycles. The summed E-state index contributed by atoms with van der Waals surface area (Å²) in [7, 11) is 1.66. The molecule has 0 N–H and O–H groups in total. The lowest BCUT2D eigenvalue weighted by atomic mass is 10.2. The van der Waals surface area contributed by atoms with Crippen LogP contribution in [-0.4, -0.2) is 14.7 Å². The summed E-state index contributed by atoms with van der Waals surface area (Å²) in [5.41, 5.74) is 1.97. The van der Waals surface area contributed by atoms with Gasteiger partial charge in [0, 0.05) is 12.6 Å². The Labute approximate surface area is 122 Å². The summed E-state index contributed by atoms with van der Waals surface area (Å²) in [5, 5.41) is 5.92. The van der Waals surface area contributed by atoms with Crippen LogP contribution in [0.15, 0.2) is 49.4 Å². The number of hydrogen-bond acceptors (Lipinski definition) is 6. The minimum Gasteiger partial charge on any atom is -0.408 e. The molecule has 0 saturated heterocycles. The Morgan fingerprint density at radius 1 is 1.29 bits per heavy atom. The first-order chi connectivity index (χ1) is 10.2. The fraction of sp³-hybridized carbons (Fsp3) is 0.0714. The van der Waals surface area contributed by atoms with Crippen molar-refractivity contribution in [3.05, 3.63) is 46.3 Å². The zero-order chi connectivity index (χ0) is 14.4. The van der Waals surface area contributed by atoms with Crippen LogP contribution in [0.25, 0.3) is 33.3 Å². The van der Waals surface area contributed by atoms with Crippen molar-refractivity contribution in [2.45, 2.75) is 0 Å². The molecule has 7 heteroatoms. The number of oxazole rings is 1. The van der Waals surface area contributed by atoms with Crippen molar-refractivity contribution in [2.75, 3.05) is 0 Å². The molecule has 0 saturated carbocycles. The lowest BCUT2D eigenvalue weighted by Gasteiger charge is -1.94. The highest BCUT2D eigenvalue weighted by atomic mass is 32.1. The first-order valence-corrected chi connectivity index (χ1v) is 7.08. The van der Waals surface area contributed by atoms with Gasteiger partial charge in [-0.2, -0.15) is 4.98 Å². The summed E-state index contributed by atoms with van der Waals surface area (Å²) < 4.78 is 11.9. The van der Waals surface area contributed by atoms with Gasteiger partial charge in [0.2, 0.25) is 5.82 Å². The van der Waals surface area contributed by atoms with Gasteiger partial charge in [-0.3, -0.25) is 4.57 Å². The van der Waals surface area contributed by atoms with Gasteiger partial charge in [-0.1, -0.05) is 11.2 Å². The van der Waals surface area contributed by atoms with Crippen molar-refractivity contribution in [1.29, 1.82) is 0 Å². The van der Waals surface area contributed by atoms with Crippen molar-refractivity contribution in [3.63, 3.8) is 0 Å². The van der Waals surface area contributed by atoms with Crippen LogP contribution in [0.1, 0.15) is 0 Å². The third kappa shape index (κ3) is 1.90. The molecule has 0 spiro atoms.